The average molecular weight is 312 g/mol. The third-order valence-corrected chi connectivity index (χ3v) is 4.39. The first kappa shape index (κ1) is 12.7. The molecule has 0 fully saturated rings. The van der Waals surface area contributed by atoms with E-state index < -0.39 is 0 Å². The minimum Gasteiger partial charge on any atom is -0.313 e. The quantitative estimate of drug-likeness (QED) is 0.942. The second kappa shape index (κ2) is 5.25. The van der Waals surface area contributed by atoms with Crippen molar-refractivity contribution in [3.63, 3.8) is 0 Å². The van der Waals surface area contributed by atoms with Gasteiger partial charge in [0.15, 0.2) is 5.82 Å². The van der Waals surface area contributed by atoms with E-state index in [1.165, 1.54) is 0 Å². The third kappa shape index (κ3) is 2.73. The molecule has 0 aliphatic heterocycles. The van der Waals surface area contributed by atoms with Gasteiger partial charge in [0.05, 0.1) is 4.88 Å². The summed E-state index contributed by atoms with van der Waals surface area (Å²) in [5, 5.41) is 5.24. The van der Waals surface area contributed by atoms with Gasteiger partial charge in [0.25, 0.3) is 0 Å². The molecule has 90 valence electrons. The Hall–Kier alpha value is -0.780. The molecule has 3 nitrogen and oxygen atoms in total. The van der Waals surface area contributed by atoms with E-state index in [4.69, 9.17) is 0 Å². The monoisotopic (exact) mass is 311 g/mol. The highest BCUT2D eigenvalue weighted by Gasteiger charge is 2.11. The number of hydrogen-bond donors (Lipinski definition) is 1. The summed E-state index contributed by atoms with van der Waals surface area (Å²) in [5.41, 5.74) is 2.17. The lowest BCUT2D eigenvalue weighted by atomic mass is 10.1. The van der Waals surface area contributed by atoms with Crippen molar-refractivity contribution in [1.29, 1.82) is 0 Å². The van der Waals surface area contributed by atoms with Crippen LogP contribution in [0.15, 0.2) is 22.1 Å². The first-order valence-corrected chi connectivity index (χ1v) is 7.04. The lowest BCUT2D eigenvalue weighted by Crippen LogP contribution is -2.14. The van der Waals surface area contributed by atoms with Crippen LogP contribution >= 0.6 is 27.3 Å². The number of aromatic nitrogens is 2. The van der Waals surface area contributed by atoms with Crippen LogP contribution in [-0.4, -0.2) is 17.0 Å². The van der Waals surface area contributed by atoms with Crippen LogP contribution in [0.25, 0.3) is 10.7 Å². The van der Waals surface area contributed by atoms with Gasteiger partial charge in [-0.15, -0.1) is 11.3 Å². The van der Waals surface area contributed by atoms with Crippen molar-refractivity contribution in [2.24, 2.45) is 0 Å². The van der Waals surface area contributed by atoms with Crippen molar-refractivity contribution in [3.05, 3.63) is 33.4 Å². The summed E-state index contributed by atoms with van der Waals surface area (Å²) in [5.74, 6) is 0.797. The highest BCUT2D eigenvalue weighted by atomic mass is 79.9. The Balaban J connectivity index is 2.37. The lowest BCUT2D eigenvalue weighted by molar-refractivity contribution is 0.641. The molecule has 5 heteroatoms. The van der Waals surface area contributed by atoms with Crippen molar-refractivity contribution in [2.75, 3.05) is 7.05 Å². The van der Waals surface area contributed by atoms with Gasteiger partial charge in [-0.25, -0.2) is 9.97 Å². The summed E-state index contributed by atoms with van der Waals surface area (Å²) in [7, 11) is 1.94. The van der Waals surface area contributed by atoms with Gasteiger partial charge in [0.1, 0.15) is 0 Å². The first-order chi connectivity index (χ1) is 8.11. The van der Waals surface area contributed by atoms with E-state index in [2.05, 4.69) is 38.1 Å². The smallest absolute Gasteiger partial charge is 0.169 e. The molecule has 0 amide bonds. The van der Waals surface area contributed by atoms with Crippen LogP contribution < -0.4 is 5.32 Å². The zero-order valence-electron chi connectivity index (χ0n) is 9.99. The minimum atomic E-state index is 0.277. The molecule has 1 unspecified atom stereocenters. The van der Waals surface area contributed by atoms with Crippen molar-refractivity contribution in [3.8, 4) is 10.7 Å². The largest absolute Gasteiger partial charge is 0.313 e. The molecule has 2 heterocycles. The predicted molar refractivity (Wildman–Crippen MR) is 75.3 cm³/mol. The van der Waals surface area contributed by atoms with Crippen LogP contribution in [0, 0.1) is 6.92 Å². The number of rotatable bonds is 3. The number of halogens is 1. The maximum absolute atomic E-state index is 4.56. The third-order valence-electron chi connectivity index (χ3n) is 2.70. The van der Waals surface area contributed by atoms with Crippen LogP contribution in [0.4, 0.5) is 0 Å². The summed E-state index contributed by atoms with van der Waals surface area (Å²) in [6.45, 7) is 4.13. The van der Waals surface area contributed by atoms with E-state index >= 15 is 0 Å². The SMILES string of the molecule is CNC(C)c1cnc(-c2cc(Br)cs2)nc1C. The van der Waals surface area contributed by atoms with Gasteiger partial charge in [-0.3, -0.25) is 0 Å². The van der Waals surface area contributed by atoms with E-state index in [1.807, 2.05) is 31.6 Å². The molecule has 0 aliphatic rings. The Labute approximate surface area is 113 Å². The fraction of sp³-hybridized carbons (Fsp3) is 0.333. The summed E-state index contributed by atoms with van der Waals surface area (Å²) >= 11 is 5.09. The lowest BCUT2D eigenvalue weighted by Gasteiger charge is -2.12. The predicted octanol–water partition coefficient (Wildman–Crippen LogP) is 3.56. The molecule has 0 saturated carbocycles. The molecule has 0 spiro atoms. The zero-order valence-corrected chi connectivity index (χ0v) is 12.4. The Bertz CT molecular complexity index is 524. The van der Waals surface area contributed by atoms with E-state index in [-0.39, 0.29) is 6.04 Å². The molecule has 0 aliphatic carbocycles. The van der Waals surface area contributed by atoms with E-state index in [9.17, 15) is 0 Å². The van der Waals surface area contributed by atoms with Gasteiger partial charge < -0.3 is 5.32 Å². The zero-order chi connectivity index (χ0) is 12.4. The van der Waals surface area contributed by atoms with E-state index in [0.717, 1.165) is 26.4 Å². The standard InChI is InChI=1S/C12H14BrN3S/c1-7(14-3)10-5-15-12(16-8(10)2)11-4-9(13)6-17-11/h4-7,14H,1-3H3. The number of thiophene rings is 1. The van der Waals surface area contributed by atoms with Gasteiger partial charge in [0.2, 0.25) is 0 Å². The van der Waals surface area contributed by atoms with Gasteiger partial charge >= 0.3 is 0 Å². The first-order valence-electron chi connectivity index (χ1n) is 5.37. The molecule has 17 heavy (non-hydrogen) atoms. The normalized spacial score (nSPS) is 12.7. The van der Waals surface area contributed by atoms with Crippen molar-refractivity contribution in [2.45, 2.75) is 19.9 Å². The molecule has 1 N–H and O–H groups in total. The molecule has 2 aromatic heterocycles. The fourth-order valence-electron chi connectivity index (χ4n) is 1.61. The second-order valence-electron chi connectivity index (χ2n) is 3.87. The molecule has 0 saturated heterocycles. The number of hydrogen-bond acceptors (Lipinski definition) is 4. The van der Waals surface area contributed by atoms with E-state index in [0.29, 0.717) is 0 Å². The van der Waals surface area contributed by atoms with Gasteiger partial charge in [-0.05, 0) is 42.9 Å². The van der Waals surface area contributed by atoms with Crippen molar-refractivity contribution >= 4 is 27.3 Å². The maximum atomic E-state index is 4.56. The Morgan fingerprint density at radius 3 is 2.76 bits per heavy atom. The second-order valence-corrected chi connectivity index (χ2v) is 5.70. The van der Waals surface area contributed by atoms with Crippen LogP contribution in [0.1, 0.15) is 24.2 Å². The van der Waals surface area contributed by atoms with Crippen molar-refractivity contribution in [1.82, 2.24) is 15.3 Å². The Kier molecular flexibility index (Phi) is 3.91. The van der Waals surface area contributed by atoms with E-state index in [1.54, 1.807) is 11.3 Å². The summed E-state index contributed by atoms with van der Waals surface area (Å²) in [6, 6.07) is 2.32. The summed E-state index contributed by atoms with van der Waals surface area (Å²) in [4.78, 5) is 10.1. The molecule has 2 aromatic rings. The molecular formula is C12H14BrN3S. The van der Waals surface area contributed by atoms with Crippen LogP contribution in [-0.2, 0) is 0 Å². The van der Waals surface area contributed by atoms with Crippen molar-refractivity contribution < 1.29 is 0 Å². The van der Waals surface area contributed by atoms with Gasteiger partial charge in [-0.1, -0.05) is 0 Å². The maximum Gasteiger partial charge on any atom is 0.169 e. The number of nitrogens with zero attached hydrogens (tertiary/aromatic N) is 2. The highest BCUT2D eigenvalue weighted by Crippen LogP contribution is 2.28. The highest BCUT2D eigenvalue weighted by molar-refractivity contribution is 9.10. The topological polar surface area (TPSA) is 37.8 Å². The minimum absolute atomic E-state index is 0.277. The van der Waals surface area contributed by atoms with Gasteiger partial charge in [0, 0.05) is 33.3 Å². The molecule has 0 radical (unpaired) electrons. The Morgan fingerprint density at radius 2 is 2.24 bits per heavy atom. The van der Waals surface area contributed by atoms with Crippen LogP contribution in [0.2, 0.25) is 0 Å². The van der Waals surface area contributed by atoms with Crippen LogP contribution in [0.5, 0.6) is 0 Å². The summed E-state index contributed by atoms with van der Waals surface area (Å²) < 4.78 is 1.08. The number of nitrogens with one attached hydrogen (secondary N) is 1. The average Bonchev–Trinajstić information content (AvgIpc) is 2.75. The Morgan fingerprint density at radius 1 is 1.47 bits per heavy atom. The molecular weight excluding hydrogens is 298 g/mol. The molecule has 1 atom stereocenters. The summed E-state index contributed by atoms with van der Waals surface area (Å²) in [6.07, 6.45) is 1.91. The molecule has 0 bridgehead atoms. The van der Waals surface area contributed by atoms with Gasteiger partial charge in [-0.2, -0.15) is 0 Å². The molecule has 0 aromatic carbocycles. The molecule has 2 rings (SSSR count). The number of aryl methyl sites for hydroxylation is 1. The fourth-order valence-corrected chi connectivity index (χ4v) is 2.97. The van der Waals surface area contributed by atoms with Crippen LogP contribution in [0.3, 0.4) is 0 Å².